The number of fused-ring (bicyclic) bond motifs is 3. The Kier molecular flexibility index (Phi) is 5.49. The molecule has 34 heavy (non-hydrogen) atoms. The Bertz CT molecular complexity index is 1550. The zero-order valence-corrected chi connectivity index (χ0v) is 19.0. The van der Waals surface area contributed by atoms with Gasteiger partial charge in [-0.15, -0.1) is 0 Å². The maximum Gasteiger partial charge on any atom is 0.407 e. The van der Waals surface area contributed by atoms with Crippen LogP contribution in [0.4, 0.5) is 4.79 Å². The maximum absolute atomic E-state index is 13.9. The van der Waals surface area contributed by atoms with Crippen molar-refractivity contribution in [1.82, 2.24) is 19.0 Å². The number of pyridine rings is 1. The van der Waals surface area contributed by atoms with E-state index in [1.54, 1.807) is 47.0 Å². The molecule has 2 aromatic carbocycles. The molecule has 0 saturated carbocycles. The van der Waals surface area contributed by atoms with E-state index >= 15 is 0 Å². The van der Waals surface area contributed by atoms with Gasteiger partial charge in [0.05, 0.1) is 23.7 Å². The fourth-order valence-corrected chi connectivity index (χ4v) is 4.85. The lowest BCUT2D eigenvalue weighted by Gasteiger charge is -2.32. The standard InChI is InChI=1S/C24H21ClN4O5/c1-34-19-7-3-6-17-20(19)26-13-18-21(17)28(15-8-10-27(11-9-15)24(32)33)23(31)29(22(18)30)16-5-2-4-14(25)12-16/h2-7,12-13,15H,8-11H2,1H3,(H,32,33). The van der Waals surface area contributed by atoms with Crippen molar-refractivity contribution in [3.8, 4) is 11.4 Å². The number of carbonyl (C=O) groups is 1. The average molecular weight is 481 g/mol. The molecule has 4 aromatic rings. The van der Waals surface area contributed by atoms with Gasteiger partial charge >= 0.3 is 11.8 Å². The molecule has 9 nitrogen and oxygen atoms in total. The van der Waals surface area contributed by atoms with Gasteiger partial charge in [-0.1, -0.05) is 29.8 Å². The van der Waals surface area contributed by atoms with Crippen LogP contribution in [0.3, 0.4) is 0 Å². The second-order valence-corrected chi connectivity index (χ2v) is 8.59. The highest BCUT2D eigenvalue weighted by Gasteiger charge is 2.28. The smallest absolute Gasteiger partial charge is 0.407 e. The van der Waals surface area contributed by atoms with Gasteiger partial charge in [0, 0.05) is 35.7 Å². The van der Waals surface area contributed by atoms with Crippen molar-refractivity contribution in [3.05, 3.63) is 74.5 Å². The number of carboxylic acid groups (broad SMARTS) is 1. The minimum absolute atomic E-state index is 0.279. The summed E-state index contributed by atoms with van der Waals surface area (Å²) in [6, 6.07) is 11.6. The summed E-state index contributed by atoms with van der Waals surface area (Å²) in [5, 5.41) is 10.6. The number of aromatic nitrogens is 3. The Morgan fingerprint density at radius 3 is 2.53 bits per heavy atom. The molecule has 0 spiro atoms. The molecule has 174 valence electrons. The minimum atomic E-state index is -0.987. The van der Waals surface area contributed by atoms with Crippen LogP contribution >= 0.6 is 11.6 Å². The van der Waals surface area contributed by atoms with Crippen molar-refractivity contribution >= 4 is 39.5 Å². The Hall–Kier alpha value is -3.85. The second kappa shape index (κ2) is 8.49. The summed E-state index contributed by atoms with van der Waals surface area (Å²) in [6.45, 7) is 0.577. The summed E-state index contributed by atoms with van der Waals surface area (Å²) < 4.78 is 8.16. The van der Waals surface area contributed by atoms with Crippen LogP contribution in [-0.4, -0.2) is 50.4 Å². The van der Waals surface area contributed by atoms with Crippen molar-refractivity contribution in [3.63, 3.8) is 0 Å². The van der Waals surface area contributed by atoms with Crippen LogP contribution in [0.5, 0.6) is 5.75 Å². The number of hydrogen-bond acceptors (Lipinski definition) is 5. The average Bonchev–Trinajstić information content (AvgIpc) is 2.84. The largest absolute Gasteiger partial charge is 0.494 e. The van der Waals surface area contributed by atoms with E-state index < -0.39 is 17.3 Å². The lowest BCUT2D eigenvalue weighted by atomic mass is 10.0. The molecule has 1 aliphatic heterocycles. The van der Waals surface area contributed by atoms with E-state index in [4.69, 9.17) is 16.3 Å². The van der Waals surface area contributed by atoms with E-state index in [0.29, 0.717) is 45.7 Å². The Balaban J connectivity index is 1.86. The third-order valence-electron chi connectivity index (χ3n) is 6.29. The van der Waals surface area contributed by atoms with Crippen LogP contribution in [-0.2, 0) is 0 Å². The summed E-state index contributed by atoms with van der Waals surface area (Å²) in [7, 11) is 1.53. The fraction of sp³-hybridized carbons (Fsp3) is 0.250. The highest BCUT2D eigenvalue weighted by molar-refractivity contribution is 6.30. The zero-order chi connectivity index (χ0) is 24.0. The van der Waals surface area contributed by atoms with Crippen molar-refractivity contribution in [1.29, 1.82) is 0 Å². The molecular weight excluding hydrogens is 460 g/mol. The number of piperidine rings is 1. The number of benzene rings is 2. The number of hydrogen-bond donors (Lipinski definition) is 1. The lowest BCUT2D eigenvalue weighted by molar-refractivity contribution is 0.125. The first-order valence-electron chi connectivity index (χ1n) is 10.8. The first-order chi connectivity index (χ1) is 16.4. The van der Waals surface area contributed by atoms with E-state index in [1.165, 1.54) is 18.2 Å². The van der Waals surface area contributed by atoms with Gasteiger partial charge < -0.3 is 14.7 Å². The number of methoxy groups -OCH3 is 1. The molecule has 0 bridgehead atoms. The van der Waals surface area contributed by atoms with E-state index in [0.717, 1.165) is 4.57 Å². The van der Waals surface area contributed by atoms with Crippen molar-refractivity contribution in [2.75, 3.05) is 20.2 Å². The predicted octanol–water partition coefficient (Wildman–Crippen LogP) is 3.68. The number of nitrogens with zero attached hydrogens (tertiary/aromatic N) is 4. The van der Waals surface area contributed by atoms with Gasteiger partial charge in [-0.05, 0) is 37.1 Å². The predicted molar refractivity (Wildman–Crippen MR) is 129 cm³/mol. The SMILES string of the molecule is COc1cccc2c1ncc1c(=O)n(-c3cccc(Cl)c3)c(=O)n(C3CCN(C(=O)O)CC3)c12. The van der Waals surface area contributed by atoms with Gasteiger partial charge in [-0.25, -0.2) is 14.2 Å². The third-order valence-corrected chi connectivity index (χ3v) is 6.53. The number of amides is 1. The van der Waals surface area contributed by atoms with Gasteiger partial charge in [0.1, 0.15) is 11.3 Å². The van der Waals surface area contributed by atoms with Gasteiger partial charge in [0.2, 0.25) is 0 Å². The Labute approximate surface area is 198 Å². The van der Waals surface area contributed by atoms with E-state index in [9.17, 15) is 19.5 Å². The van der Waals surface area contributed by atoms with Crippen LogP contribution in [0, 0.1) is 0 Å². The number of halogens is 1. The van der Waals surface area contributed by atoms with Crippen LogP contribution in [0.25, 0.3) is 27.5 Å². The topological polar surface area (TPSA) is 107 Å². The number of para-hydroxylation sites is 1. The Morgan fingerprint density at radius 2 is 1.85 bits per heavy atom. The molecule has 1 saturated heterocycles. The molecule has 10 heteroatoms. The molecule has 1 N–H and O–H groups in total. The molecule has 3 heterocycles. The number of likely N-dealkylation sites (tertiary alicyclic amines) is 1. The molecule has 0 unspecified atom stereocenters. The molecular formula is C24H21ClN4O5. The van der Waals surface area contributed by atoms with Gasteiger partial charge in [-0.3, -0.25) is 14.3 Å². The number of ether oxygens (including phenoxy) is 1. The summed E-state index contributed by atoms with van der Waals surface area (Å²) in [6.07, 6.45) is 1.34. The van der Waals surface area contributed by atoms with E-state index in [2.05, 4.69) is 4.98 Å². The Morgan fingerprint density at radius 1 is 1.12 bits per heavy atom. The maximum atomic E-state index is 13.9. The molecule has 1 fully saturated rings. The molecule has 2 aromatic heterocycles. The highest BCUT2D eigenvalue weighted by atomic mass is 35.5. The minimum Gasteiger partial charge on any atom is -0.494 e. The zero-order valence-electron chi connectivity index (χ0n) is 18.3. The molecule has 1 amide bonds. The van der Waals surface area contributed by atoms with Crippen LogP contribution < -0.4 is 16.0 Å². The van der Waals surface area contributed by atoms with Crippen LogP contribution in [0.15, 0.2) is 58.3 Å². The van der Waals surface area contributed by atoms with Gasteiger partial charge in [0.25, 0.3) is 5.56 Å². The third kappa shape index (κ3) is 3.49. The summed E-state index contributed by atoms with van der Waals surface area (Å²) in [5.41, 5.74) is 0.342. The molecule has 5 rings (SSSR count). The normalized spacial score (nSPS) is 14.6. The van der Waals surface area contributed by atoms with Crippen LogP contribution in [0.2, 0.25) is 5.02 Å². The molecule has 0 aliphatic carbocycles. The monoisotopic (exact) mass is 480 g/mol. The van der Waals surface area contributed by atoms with Crippen molar-refractivity contribution in [2.45, 2.75) is 18.9 Å². The summed E-state index contributed by atoms with van der Waals surface area (Å²) in [5.74, 6) is 0.526. The lowest BCUT2D eigenvalue weighted by Crippen LogP contribution is -2.44. The first kappa shape index (κ1) is 22.0. The highest BCUT2D eigenvalue weighted by Crippen LogP contribution is 2.31. The van der Waals surface area contributed by atoms with Crippen molar-refractivity contribution < 1.29 is 14.6 Å². The fourth-order valence-electron chi connectivity index (χ4n) is 4.67. The summed E-state index contributed by atoms with van der Waals surface area (Å²) in [4.78, 5) is 44.7. The number of rotatable bonds is 3. The second-order valence-electron chi connectivity index (χ2n) is 8.15. The van der Waals surface area contributed by atoms with Crippen molar-refractivity contribution in [2.24, 2.45) is 0 Å². The first-order valence-corrected chi connectivity index (χ1v) is 11.1. The summed E-state index contributed by atoms with van der Waals surface area (Å²) >= 11 is 6.15. The van der Waals surface area contributed by atoms with Gasteiger partial charge in [-0.2, -0.15) is 0 Å². The van der Waals surface area contributed by atoms with E-state index in [-0.39, 0.29) is 24.5 Å². The molecule has 0 atom stereocenters. The van der Waals surface area contributed by atoms with Crippen LogP contribution in [0.1, 0.15) is 18.9 Å². The van der Waals surface area contributed by atoms with E-state index in [1.807, 2.05) is 0 Å². The quantitative estimate of drug-likeness (QED) is 0.448. The molecule has 0 radical (unpaired) electrons. The van der Waals surface area contributed by atoms with Gasteiger partial charge in [0.15, 0.2) is 0 Å². The molecule has 1 aliphatic rings.